The molecule has 1 saturated heterocycles. The number of amides is 2. The minimum absolute atomic E-state index is 0.0679. The Hall–Kier alpha value is -2.26. The lowest BCUT2D eigenvalue weighted by Crippen LogP contribution is -2.48. The topological polar surface area (TPSA) is 91.6 Å². The van der Waals surface area contributed by atoms with E-state index in [0.717, 1.165) is 36.7 Å². The fourth-order valence-electron chi connectivity index (χ4n) is 3.07. The summed E-state index contributed by atoms with van der Waals surface area (Å²) >= 11 is 1.35. The van der Waals surface area contributed by atoms with Gasteiger partial charge < -0.3 is 14.7 Å². The summed E-state index contributed by atoms with van der Waals surface area (Å²) in [6.45, 7) is 11.4. The molecule has 152 valence electrons. The number of aromatic nitrogens is 2. The highest BCUT2D eigenvalue weighted by atomic mass is 32.1. The third-order valence-corrected chi connectivity index (χ3v) is 5.73. The summed E-state index contributed by atoms with van der Waals surface area (Å²) in [4.78, 5) is 32.9. The van der Waals surface area contributed by atoms with Crippen LogP contribution in [0.3, 0.4) is 0 Å². The number of rotatable bonds is 6. The van der Waals surface area contributed by atoms with Crippen molar-refractivity contribution in [1.29, 1.82) is 0 Å². The van der Waals surface area contributed by atoms with E-state index in [1.165, 1.54) is 11.3 Å². The van der Waals surface area contributed by atoms with Gasteiger partial charge in [-0.25, -0.2) is 4.98 Å². The molecule has 0 atom stereocenters. The van der Waals surface area contributed by atoms with Gasteiger partial charge in [0.05, 0.1) is 17.8 Å². The van der Waals surface area contributed by atoms with Gasteiger partial charge in [0.15, 0.2) is 5.13 Å². The average molecular weight is 406 g/mol. The molecule has 3 rings (SSSR count). The number of nitrogens with one attached hydrogen (secondary N) is 1. The number of piperazine rings is 1. The van der Waals surface area contributed by atoms with Crippen LogP contribution in [-0.4, -0.2) is 57.9 Å². The molecule has 1 N–H and O–H groups in total. The Morgan fingerprint density at radius 2 is 1.96 bits per heavy atom. The Kier molecular flexibility index (Phi) is 6.46. The molecule has 0 aliphatic carbocycles. The van der Waals surface area contributed by atoms with E-state index in [4.69, 9.17) is 4.52 Å². The maximum Gasteiger partial charge on any atom is 0.228 e. The molecule has 0 saturated carbocycles. The van der Waals surface area contributed by atoms with Gasteiger partial charge in [0, 0.05) is 49.6 Å². The first kappa shape index (κ1) is 20.5. The minimum atomic E-state index is -0.101. The standard InChI is InChI=1S/C19H27N5O3S/c1-12(2)18(26)21-19-20-15(11-28-19)9-17(25)24-7-5-23(6-8-24)10-16-13(3)22-27-14(16)4/h11-12H,5-10H2,1-4H3,(H,20,21,26). The lowest BCUT2D eigenvalue weighted by Gasteiger charge is -2.34. The van der Waals surface area contributed by atoms with Crippen molar-refractivity contribution >= 4 is 28.3 Å². The molecule has 28 heavy (non-hydrogen) atoms. The molecule has 9 heteroatoms. The number of hydrogen-bond donors (Lipinski definition) is 1. The molecule has 2 amide bonds. The molecule has 0 unspecified atom stereocenters. The average Bonchev–Trinajstić information content (AvgIpc) is 3.23. The van der Waals surface area contributed by atoms with Crippen LogP contribution in [-0.2, 0) is 22.6 Å². The first-order valence-corrected chi connectivity index (χ1v) is 10.4. The van der Waals surface area contributed by atoms with E-state index in [1.807, 2.05) is 38.0 Å². The first-order chi connectivity index (χ1) is 13.3. The predicted molar refractivity (Wildman–Crippen MR) is 107 cm³/mol. The van der Waals surface area contributed by atoms with E-state index in [1.54, 1.807) is 0 Å². The van der Waals surface area contributed by atoms with Crippen LogP contribution in [0.5, 0.6) is 0 Å². The van der Waals surface area contributed by atoms with Crippen molar-refractivity contribution in [1.82, 2.24) is 19.9 Å². The number of carbonyl (C=O) groups is 2. The van der Waals surface area contributed by atoms with Gasteiger partial charge in [0.2, 0.25) is 11.8 Å². The number of thiazole rings is 1. The molecule has 1 aliphatic heterocycles. The molecular formula is C19H27N5O3S. The summed E-state index contributed by atoms with van der Waals surface area (Å²) in [6, 6.07) is 0. The van der Waals surface area contributed by atoms with Gasteiger partial charge in [0.25, 0.3) is 0 Å². The SMILES string of the molecule is Cc1noc(C)c1CN1CCN(C(=O)Cc2csc(NC(=O)C(C)C)n2)CC1. The summed E-state index contributed by atoms with van der Waals surface area (Å²) in [5.74, 6) is 0.765. The number of carbonyl (C=O) groups excluding carboxylic acids is 2. The molecule has 2 aromatic rings. The third kappa shape index (κ3) is 4.96. The van der Waals surface area contributed by atoms with Crippen molar-refractivity contribution < 1.29 is 14.1 Å². The summed E-state index contributed by atoms with van der Waals surface area (Å²) < 4.78 is 5.23. The van der Waals surface area contributed by atoms with Crippen LogP contribution in [0.15, 0.2) is 9.90 Å². The van der Waals surface area contributed by atoms with E-state index in [-0.39, 0.29) is 24.2 Å². The number of aryl methyl sites for hydroxylation is 2. The van der Waals surface area contributed by atoms with Crippen molar-refractivity contribution in [2.45, 2.75) is 40.7 Å². The molecule has 3 heterocycles. The van der Waals surface area contributed by atoms with Gasteiger partial charge >= 0.3 is 0 Å². The predicted octanol–water partition coefficient (Wildman–Crippen LogP) is 2.23. The summed E-state index contributed by atoms with van der Waals surface area (Å²) in [5.41, 5.74) is 2.77. The van der Waals surface area contributed by atoms with Crippen molar-refractivity contribution in [3.05, 3.63) is 28.1 Å². The maximum absolute atomic E-state index is 12.6. The Morgan fingerprint density at radius 3 is 2.57 bits per heavy atom. The molecular weight excluding hydrogens is 378 g/mol. The summed E-state index contributed by atoms with van der Waals surface area (Å²) in [5, 5.41) is 9.16. The second kappa shape index (κ2) is 8.83. The van der Waals surface area contributed by atoms with Gasteiger partial charge in [-0.05, 0) is 13.8 Å². The van der Waals surface area contributed by atoms with Crippen molar-refractivity contribution in [2.75, 3.05) is 31.5 Å². The van der Waals surface area contributed by atoms with Crippen LogP contribution in [0, 0.1) is 19.8 Å². The minimum Gasteiger partial charge on any atom is -0.361 e. The van der Waals surface area contributed by atoms with Crippen LogP contribution < -0.4 is 5.32 Å². The van der Waals surface area contributed by atoms with E-state index in [2.05, 4.69) is 20.4 Å². The quantitative estimate of drug-likeness (QED) is 0.792. The molecule has 0 spiro atoms. The summed E-state index contributed by atoms with van der Waals surface area (Å²) in [7, 11) is 0. The second-order valence-electron chi connectivity index (χ2n) is 7.42. The second-order valence-corrected chi connectivity index (χ2v) is 8.28. The zero-order valence-electron chi connectivity index (χ0n) is 16.8. The van der Waals surface area contributed by atoms with Crippen LogP contribution in [0.25, 0.3) is 0 Å². The number of anilines is 1. The van der Waals surface area contributed by atoms with E-state index >= 15 is 0 Å². The summed E-state index contributed by atoms with van der Waals surface area (Å²) in [6.07, 6.45) is 0.262. The third-order valence-electron chi connectivity index (χ3n) is 4.93. The van der Waals surface area contributed by atoms with E-state index in [0.29, 0.717) is 23.9 Å². The highest BCUT2D eigenvalue weighted by Gasteiger charge is 2.23. The Labute approximate surface area is 168 Å². The maximum atomic E-state index is 12.6. The fourth-order valence-corrected chi connectivity index (χ4v) is 3.78. The normalized spacial score (nSPS) is 15.2. The van der Waals surface area contributed by atoms with Gasteiger partial charge in [-0.2, -0.15) is 0 Å². The largest absolute Gasteiger partial charge is 0.361 e. The van der Waals surface area contributed by atoms with Crippen molar-refractivity contribution in [2.24, 2.45) is 5.92 Å². The Bertz CT molecular complexity index is 817. The van der Waals surface area contributed by atoms with Crippen LogP contribution in [0.1, 0.15) is 36.6 Å². The molecule has 0 radical (unpaired) electrons. The highest BCUT2D eigenvalue weighted by Crippen LogP contribution is 2.19. The lowest BCUT2D eigenvalue weighted by molar-refractivity contribution is -0.132. The van der Waals surface area contributed by atoms with Crippen LogP contribution in [0.2, 0.25) is 0 Å². The molecule has 1 fully saturated rings. The molecule has 0 aromatic carbocycles. The molecule has 0 bridgehead atoms. The first-order valence-electron chi connectivity index (χ1n) is 9.50. The molecule has 2 aromatic heterocycles. The van der Waals surface area contributed by atoms with Crippen LogP contribution >= 0.6 is 11.3 Å². The molecule has 8 nitrogen and oxygen atoms in total. The van der Waals surface area contributed by atoms with Crippen molar-refractivity contribution in [3.8, 4) is 0 Å². The molecule has 1 aliphatic rings. The fraction of sp³-hybridized carbons (Fsp3) is 0.579. The number of hydrogen-bond acceptors (Lipinski definition) is 7. The number of nitrogens with zero attached hydrogens (tertiary/aromatic N) is 4. The van der Waals surface area contributed by atoms with Gasteiger partial charge in [0.1, 0.15) is 5.76 Å². The smallest absolute Gasteiger partial charge is 0.228 e. The Balaban J connectivity index is 1.48. The monoisotopic (exact) mass is 405 g/mol. The van der Waals surface area contributed by atoms with E-state index < -0.39 is 0 Å². The van der Waals surface area contributed by atoms with Crippen molar-refractivity contribution in [3.63, 3.8) is 0 Å². The van der Waals surface area contributed by atoms with E-state index in [9.17, 15) is 9.59 Å². The van der Waals surface area contributed by atoms with Gasteiger partial charge in [-0.1, -0.05) is 19.0 Å². The Morgan fingerprint density at radius 1 is 1.25 bits per heavy atom. The zero-order chi connectivity index (χ0) is 20.3. The lowest BCUT2D eigenvalue weighted by atomic mass is 10.1. The zero-order valence-corrected chi connectivity index (χ0v) is 17.6. The van der Waals surface area contributed by atoms with Crippen LogP contribution in [0.4, 0.5) is 5.13 Å². The van der Waals surface area contributed by atoms with Gasteiger partial charge in [-0.15, -0.1) is 11.3 Å². The highest BCUT2D eigenvalue weighted by molar-refractivity contribution is 7.13. The van der Waals surface area contributed by atoms with Gasteiger partial charge in [-0.3, -0.25) is 14.5 Å².